The molecule has 3 rings (SSSR count). The molecule has 1 unspecified atom stereocenters. The average Bonchev–Trinajstić information content (AvgIpc) is 3.18. The van der Waals surface area contributed by atoms with Gasteiger partial charge in [-0.3, -0.25) is 4.99 Å². The minimum atomic E-state index is 0. The summed E-state index contributed by atoms with van der Waals surface area (Å²) in [5, 5.41) is 3.49. The van der Waals surface area contributed by atoms with E-state index in [2.05, 4.69) is 58.5 Å². The van der Waals surface area contributed by atoms with Crippen molar-refractivity contribution in [3.05, 3.63) is 65.2 Å². The predicted octanol–water partition coefficient (Wildman–Crippen LogP) is 4.24. The number of halogens is 1. The molecule has 1 aliphatic rings. The van der Waals surface area contributed by atoms with Crippen LogP contribution in [-0.4, -0.2) is 44.7 Å². The van der Waals surface area contributed by atoms with Crippen LogP contribution >= 0.6 is 24.0 Å². The molecule has 1 heterocycles. The van der Waals surface area contributed by atoms with E-state index in [9.17, 15) is 0 Å². The van der Waals surface area contributed by atoms with Crippen LogP contribution in [0.25, 0.3) is 0 Å². The molecule has 1 aliphatic heterocycles. The molecule has 1 saturated heterocycles. The molecule has 1 N–H and O–H groups in total. The van der Waals surface area contributed by atoms with Gasteiger partial charge < -0.3 is 19.7 Å². The second kappa shape index (κ2) is 12.0. The summed E-state index contributed by atoms with van der Waals surface area (Å²) in [5.41, 5.74) is 3.60. The van der Waals surface area contributed by atoms with Gasteiger partial charge in [-0.25, -0.2) is 0 Å². The van der Waals surface area contributed by atoms with Gasteiger partial charge in [-0.2, -0.15) is 0 Å². The number of nitrogens with one attached hydrogen (secondary N) is 1. The molecule has 5 nitrogen and oxygen atoms in total. The zero-order valence-electron chi connectivity index (χ0n) is 17.6. The zero-order chi connectivity index (χ0) is 19.8. The zero-order valence-corrected chi connectivity index (χ0v) is 19.9. The molecule has 1 fully saturated rings. The molecule has 6 heteroatoms. The van der Waals surface area contributed by atoms with E-state index in [0.717, 1.165) is 49.9 Å². The van der Waals surface area contributed by atoms with Gasteiger partial charge in [0.05, 0.1) is 20.3 Å². The van der Waals surface area contributed by atoms with Crippen molar-refractivity contribution in [2.24, 2.45) is 10.9 Å². The molecule has 0 aromatic heterocycles. The van der Waals surface area contributed by atoms with Crippen LogP contribution in [0.3, 0.4) is 0 Å². The molecule has 0 aliphatic carbocycles. The van der Waals surface area contributed by atoms with Gasteiger partial charge in [0.15, 0.2) is 5.96 Å². The summed E-state index contributed by atoms with van der Waals surface area (Å²) in [6.07, 6.45) is 1.14. The Morgan fingerprint density at radius 1 is 1.17 bits per heavy atom. The number of hydrogen-bond donors (Lipinski definition) is 1. The lowest BCUT2D eigenvalue weighted by molar-refractivity contribution is 0.0906. The fourth-order valence-electron chi connectivity index (χ4n) is 3.64. The van der Waals surface area contributed by atoms with Crippen LogP contribution < -0.4 is 10.1 Å². The third-order valence-electron chi connectivity index (χ3n) is 5.17. The third kappa shape index (κ3) is 6.89. The summed E-state index contributed by atoms with van der Waals surface area (Å²) in [6.45, 7) is 6.29. The number of aryl methyl sites for hydroxylation is 1. The predicted molar refractivity (Wildman–Crippen MR) is 129 cm³/mol. The minimum Gasteiger partial charge on any atom is -0.496 e. The minimum absolute atomic E-state index is 0. The third-order valence-corrected chi connectivity index (χ3v) is 5.17. The average molecular weight is 509 g/mol. The molecule has 2 aromatic rings. The Hall–Kier alpha value is -1.80. The van der Waals surface area contributed by atoms with Gasteiger partial charge in [0.25, 0.3) is 0 Å². The Morgan fingerprint density at radius 2 is 1.97 bits per heavy atom. The lowest BCUT2D eigenvalue weighted by Crippen LogP contribution is -2.39. The summed E-state index contributed by atoms with van der Waals surface area (Å²) in [6, 6.07) is 16.6. The van der Waals surface area contributed by atoms with Gasteiger partial charge in [-0.05, 0) is 36.1 Å². The van der Waals surface area contributed by atoms with Crippen molar-refractivity contribution in [3.8, 4) is 5.75 Å². The Kier molecular flexibility index (Phi) is 9.73. The van der Waals surface area contributed by atoms with E-state index in [0.29, 0.717) is 12.5 Å². The topological polar surface area (TPSA) is 46.1 Å². The second-order valence-corrected chi connectivity index (χ2v) is 7.31. The fraction of sp³-hybridized carbons (Fsp3) is 0.435. The first-order valence-electron chi connectivity index (χ1n) is 9.90. The SMILES string of the molecule is CN=C(NCc1ccc(OC)c(C)c1)N1CCC(COCc2ccccc2)C1.I. The van der Waals surface area contributed by atoms with Crippen molar-refractivity contribution in [2.45, 2.75) is 26.5 Å². The number of hydrogen-bond acceptors (Lipinski definition) is 3. The van der Waals surface area contributed by atoms with E-state index < -0.39 is 0 Å². The second-order valence-electron chi connectivity index (χ2n) is 7.31. The summed E-state index contributed by atoms with van der Waals surface area (Å²) < 4.78 is 11.3. The van der Waals surface area contributed by atoms with E-state index in [1.54, 1.807) is 7.11 Å². The summed E-state index contributed by atoms with van der Waals surface area (Å²) in [4.78, 5) is 6.80. The van der Waals surface area contributed by atoms with Crippen LogP contribution in [0, 0.1) is 12.8 Å². The van der Waals surface area contributed by atoms with Gasteiger partial charge in [-0.15, -0.1) is 24.0 Å². The smallest absolute Gasteiger partial charge is 0.193 e. The maximum atomic E-state index is 5.93. The number of guanidine groups is 1. The van der Waals surface area contributed by atoms with E-state index in [4.69, 9.17) is 9.47 Å². The monoisotopic (exact) mass is 509 g/mol. The number of nitrogens with zero attached hydrogens (tertiary/aromatic N) is 2. The van der Waals surface area contributed by atoms with Crippen molar-refractivity contribution in [2.75, 3.05) is 33.9 Å². The van der Waals surface area contributed by atoms with E-state index in [1.807, 2.05) is 19.2 Å². The Bertz CT molecular complexity index is 783. The van der Waals surface area contributed by atoms with Gasteiger partial charge in [0.1, 0.15) is 5.75 Å². The number of aliphatic imine (C=N–C) groups is 1. The maximum absolute atomic E-state index is 5.93. The van der Waals surface area contributed by atoms with Crippen molar-refractivity contribution >= 4 is 29.9 Å². The highest BCUT2D eigenvalue weighted by Gasteiger charge is 2.24. The van der Waals surface area contributed by atoms with Crippen molar-refractivity contribution < 1.29 is 9.47 Å². The highest BCUT2D eigenvalue weighted by atomic mass is 127. The van der Waals surface area contributed by atoms with Crippen LogP contribution in [0.15, 0.2) is 53.5 Å². The van der Waals surface area contributed by atoms with Gasteiger partial charge in [-0.1, -0.05) is 42.5 Å². The highest BCUT2D eigenvalue weighted by molar-refractivity contribution is 14.0. The number of ether oxygens (including phenoxy) is 2. The normalized spacial score (nSPS) is 16.4. The molecular weight excluding hydrogens is 477 g/mol. The van der Waals surface area contributed by atoms with Crippen LogP contribution in [0.5, 0.6) is 5.75 Å². The fourth-order valence-corrected chi connectivity index (χ4v) is 3.64. The van der Waals surface area contributed by atoms with Crippen LogP contribution in [-0.2, 0) is 17.9 Å². The quantitative estimate of drug-likeness (QED) is 0.345. The van der Waals surface area contributed by atoms with Crippen molar-refractivity contribution in [1.29, 1.82) is 0 Å². The lowest BCUT2D eigenvalue weighted by atomic mass is 10.1. The highest BCUT2D eigenvalue weighted by Crippen LogP contribution is 2.19. The molecule has 158 valence electrons. The number of rotatable bonds is 7. The molecular formula is C23H32IN3O2. The van der Waals surface area contributed by atoms with Crippen LogP contribution in [0.4, 0.5) is 0 Å². The first-order valence-corrected chi connectivity index (χ1v) is 9.90. The molecule has 29 heavy (non-hydrogen) atoms. The summed E-state index contributed by atoms with van der Waals surface area (Å²) in [7, 11) is 3.55. The Labute approximate surface area is 191 Å². The van der Waals surface area contributed by atoms with Gasteiger partial charge >= 0.3 is 0 Å². The van der Waals surface area contributed by atoms with Crippen LogP contribution in [0.1, 0.15) is 23.1 Å². The van der Waals surface area contributed by atoms with E-state index >= 15 is 0 Å². The maximum Gasteiger partial charge on any atom is 0.193 e. The first-order chi connectivity index (χ1) is 13.7. The Morgan fingerprint density at radius 3 is 2.66 bits per heavy atom. The van der Waals surface area contributed by atoms with E-state index in [1.165, 1.54) is 11.1 Å². The molecule has 0 radical (unpaired) electrons. The van der Waals surface area contributed by atoms with E-state index in [-0.39, 0.29) is 24.0 Å². The molecule has 0 bridgehead atoms. The number of methoxy groups -OCH3 is 1. The van der Waals surface area contributed by atoms with Crippen LogP contribution in [0.2, 0.25) is 0 Å². The standard InChI is InChI=1S/C23H31N3O2.HI/c1-18-13-20(9-10-22(18)27-3)14-25-23(24-2)26-12-11-21(15-26)17-28-16-19-7-5-4-6-8-19;/h4-10,13,21H,11-12,14-17H2,1-3H3,(H,24,25);1H. The molecule has 2 aromatic carbocycles. The number of likely N-dealkylation sites (tertiary alicyclic amines) is 1. The first kappa shape index (κ1) is 23.5. The number of benzene rings is 2. The lowest BCUT2D eigenvalue weighted by Gasteiger charge is -2.22. The summed E-state index contributed by atoms with van der Waals surface area (Å²) >= 11 is 0. The van der Waals surface area contributed by atoms with Gasteiger partial charge in [0, 0.05) is 32.6 Å². The molecule has 0 amide bonds. The molecule has 0 spiro atoms. The van der Waals surface area contributed by atoms with Crippen molar-refractivity contribution in [3.63, 3.8) is 0 Å². The van der Waals surface area contributed by atoms with Gasteiger partial charge in [0.2, 0.25) is 0 Å². The molecule has 1 atom stereocenters. The Balaban J connectivity index is 0.00000300. The molecule has 0 saturated carbocycles. The summed E-state index contributed by atoms with van der Waals surface area (Å²) in [5.74, 6) is 2.43. The van der Waals surface area contributed by atoms with Crippen molar-refractivity contribution in [1.82, 2.24) is 10.2 Å². The largest absolute Gasteiger partial charge is 0.496 e.